The largest absolute Gasteiger partial charge is 0.492 e. The number of carbonyl (C=O) groups is 1. The molecule has 0 aromatic carbocycles. The van der Waals surface area contributed by atoms with E-state index in [1.807, 2.05) is 7.05 Å². The number of nitrogens with two attached hydrogens (primary N) is 1. The Morgan fingerprint density at radius 1 is 1.56 bits per heavy atom. The number of ether oxygens (including phenoxy) is 1. The quantitative estimate of drug-likeness (QED) is 0.857. The number of rotatable bonds is 5. The summed E-state index contributed by atoms with van der Waals surface area (Å²) in [5, 5.41) is 3.47. The van der Waals surface area contributed by atoms with E-state index in [9.17, 15) is 4.79 Å². The molecule has 0 aliphatic rings. The maximum Gasteiger partial charge on any atom is 0.263 e. The van der Waals surface area contributed by atoms with E-state index in [2.05, 4.69) is 24.1 Å². The lowest BCUT2D eigenvalue weighted by Crippen LogP contribution is -2.22. The highest BCUT2D eigenvalue weighted by molar-refractivity contribution is 7.19. The number of nitrogens with zero attached hydrogens (tertiary/aromatic N) is 1. The summed E-state index contributed by atoms with van der Waals surface area (Å²) in [5.74, 6) is 0.924. The van der Waals surface area contributed by atoms with Gasteiger partial charge in [-0.1, -0.05) is 13.8 Å². The van der Waals surface area contributed by atoms with Gasteiger partial charge >= 0.3 is 0 Å². The van der Waals surface area contributed by atoms with Crippen molar-refractivity contribution in [3.05, 3.63) is 4.88 Å². The molecule has 0 atom stereocenters. The average molecular weight is 271 g/mol. The van der Waals surface area contributed by atoms with Crippen LogP contribution in [0.2, 0.25) is 0 Å². The van der Waals surface area contributed by atoms with Crippen LogP contribution < -0.4 is 20.7 Å². The summed E-state index contributed by atoms with van der Waals surface area (Å²) in [7, 11) is 5.13. The lowest BCUT2D eigenvalue weighted by atomic mass is 10.2. The smallest absolute Gasteiger partial charge is 0.263 e. The maximum absolute atomic E-state index is 11.7. The van der Waals surface area contributed by atoms with Crippen molar-refractivity contribution in [2.45, 2.75) is 13.8 Å². The summed E-state index contributed by atoms with van der Waals surface area (Å²) < 4.78 is 5.32. The Morgan fingerprint density at radius 2 is 2.17 bits per heavy atom. The molecule has 0 radical (unpaired) electrons. The Balaban J connectivity index is 3.15. The van der Waals surface area contributed by atoms with Crippen molar-refractivity contribution >= 4 is 27.9 Å². The molecule has 0 saturated carbocycles. The molecule has 1 rings (SSSR count). The molecular weight excluding hydrogens is 250 g/mol. The van der Waals surface area contributed by atoms with Crippen molar-refractivity contribution in [3.8, 4) is 5.75 Å². The van der Waals surface area contributed by atoms with Crippen LogP contribution in [0.5, 0.6) is 5.75 Å². The van der Waals surface area contributed by atoms with Gasteiger partial charge in [0.2, 0.25) is 0 Å². The molecule has 1 aromatic rings. The van der Waals surface area contributed by atoms with Crippen LogP contribution in [0.15, 0.2) is 0 Å². The van der Waals surface area contributed by atoms with Gasteiger partial charge < -0.3 is 20.7 Å². The summed E-state index contributed by atoms with van der Waals surface area (Å²) in [6.45, 7) is 5.16. The highest BCUT2D eigenvalue weighted by atomic mass is 32.1. The van der Waals surface area contributed by atoms with E-state index in [-0.39, 0.29) is 5.91 Å². The summed E-state index contributed by atoms with van der Waals surface area (Å²) in [6, 6.07) is 0. The van der Waals surface area contributed by atoms with Gasteiger partial charge in [0, 0.05) is 20.6 Å². The van der Waals surface area contributed by atoms with E-state index in [0.717, 1.165) is 11.5 Å². The summed E-state index contributed by atoms with van der Waals surface area (Å²) >= 11 is 1.36. The Labute approximate surface area is 112 Å². The Morgan fingerprint density at radius 3 is 2.61 bits per heavy atom. The van der Waals surface area contributed by atoms with Crippen LogP contribution in [0.4, 0.5) is 10.7 Å². The first-order valence-electron chi connectivity index (χ1n) is 5.81. The molecule has 1 amide bonds. The van der Waals surface area contributed by atoms with Gasteiger partial charge in [0.1, 0.15) is 15.6 Å². The standard InChI is InChI=1S/C12H21N3O2S/c1-7(2)6-15(4)12-9(17-5)8(13)10(18-12)11(16)14-3/h7H,6,13H2,1-5H3,(H,14,16). The summed E-state index contributed by atoms with van der Waals surface area (Å²) in [4.78, 5) is 14.3. The Kier molecular flexibility index (Phi) is 4.84. The van der Waals surface area contributed by atoms with Crippen LogP contribution in [0.1, 0.15) is 23.5 Å². The molecule has 0 fully saturated rings. The van der Waals surface area contributed by atoms with Crippen LogP contribution >= 0.6 is 11.3 Å². The van der Waals surface area contributed by atoms with Crippen molar-refractivity contribution < 1.29 is 9.53 Å². The normalized spacial score (nSPS) is 10.6. The molecule has 18 heavy (non-hydrogen) atoms. The van der Waals surface area contributed by atoms with Gasteiger partial charge in [-0.15, -0.1) is 11.3 Å². The number of anilines is 2. The number of amides is 1. The van der Waals surface area contributed by atoms with E-state index in [0.29, 0.717) is 22.2 Å². The summed E-state index contributed by atoms with van der Waals surface area (Å²) in [6.07, 6.45) is 0. The second-order valence-corrected chi connectivity index (χ2v) is 5.54. The molecule has 102 valence electrons. The zero-order valence-corrected chi connectivity index (χ0v) is 12.4. The first-order valence-corrected chi connectivity index (χ1v) is 6.63. The zero-order chi connectivity index (χ0) is 13.9. The van der Waals surface area contributed by atoms with Gasteiger partial charge in [-0.05, 0) is 5.92 Å². The molecule has 5 nitrogen and oxygen atoms in total. The molecule has 6 heteroatoms. The van der Waals surface area contributed by atoms with Gasteiger partial charge in [0.05, 0.1) is 7.11 Å². The van der Waals surface area contributed by atoms with E-state index in [1.54, 1.807) is 14.2 Å². The third-order valence-electron chi connectivity index (χ3n) is 2.51. The SMILES string of the molecule is CNC(=O)c1sc(N(C)CC(C)C)c(OC)c1N. The van der Waals surface area contributed by atoms with Crippen LogP contribution in [0.3, 0.4) is 0 Å². The summed E-state index contributed by atoms with van der Waals surface area (Å²) in [5.41, 5.74) is 6.37. The molecule has 0 saturated heterocycles. The number of nitrogen functional groups attached to an aromatic ring is 1. The number of carbonyl (C=O) groups excluding carboxylic acids is 1. The number of methoxy groups -OCH3 is 1. The number of thiophene rings is 1. The molecule has 0 bridgehead atoms. The lowest BCUT2D eigenvalue weighted by molar-refractivity contribution is 0.0967. The van der Waals surface area contributed by atoms with E-state index in [1.165, 1.54) is 11.3 Å². The lowest BCUT2D eigenvalue weighted by Gasteiger charge is -2.20. The molecule has 0 unspecified atom stereocenters. The van der Waals surface area contributed by atoms with Crippen LogP contribution in [-0.4, -0.2) is 33.7 Å². The van der Waals surface area contributed by atoms with E-state index in [4.69, 9.17) is 10.5 Å². The van der Waals surface area contributed by atoms with Crippen molar-refractivity contribution in [2.75, 3.05) is 38.4 Å². The highest BCUT2D eigenvalue weighted by Crippen LogP contribution is 2.44. The van der Waals surface area contributed by atoms with Gasteiger partial charge in [0.15, 0.2) is 5.75 Å². The third kappa shape index (κ3) is 2.87. The van der Waals surface area contributed by atoms with Crippen molar-refractivity contribution in [2.24, 2.45) is 5.92 Å². The minimum absolute atomic E-state index is 0.181. The number of hydrogen-bond acceptors (Lipinski definition) is 5. The van der Waals surface area contributed by atoms with E-state index < -0.39 is 0 Å². The van der Waals surface area contributed by atoms with Gasteiger partial charge in [-0.25, -0.2) is 0 Å². The highest BCUT2D eigenvalue weighted by Gasteiger charge is 2.23. The maximum atomic E-state index is 11.7. The molecule has 0 spiro atoms. The van der Waals surface area contributed by atoms with Gasteiger partial charge in [-0.2, -0.15) is 0 Å². The molecule has 3 N–H and O–H groups in total. The first kappa shape index (κ1) is 14.6. The van der Waals surface area contributed by atoms with E-state index >= 15 is 0 Å². The average Bonchev–Trinajstić information content (AvgIpc) is 2.64. The molecule has 0 aliphatic heterocycles. The molecule has 1 heterocycles. The Hall–Kier alpha value is -1.43. The predicted octanol–water partition coefficient (Wildman–Crippen LogP) is 1.79. The second kappa shape index (κ2) is 5.95. The van der Waals surface area contributed by atoms with Crippen LogP contribution in [0, 0.1) is 5.92 Å². The fraction of sp³-hybridized carbons (Fsp3) is 0.583. The number of nitrogens with one attached hydrogen (secondary N) is 1. The fourth-order valence-electron chi connectivity index (χ4n) is 1.78. The minimum atomic E-state index is -0.181. The van der Waals surface area contributed by atoms with Gasteiger partial charge in [0.25, 0.3) is 5.91 Å². The molecule has 0 aliphatic carbocycles. The van der Waals surface area contributed by atoms with Crippen molar-refractivity contribution in [3.63, 3.8) is 0 Å². The monoisotopic (exact) mass is 271 g/mol. The van der Waals surface area contributed by atoms with Gasteiger partial charge in [-0.3, -0.25) is 4.79 Å². The van der Waals surface area contributed by atoms with Crippen molar-refractivity contribution in [1.29, 1.82) is 0 Å². The Bertz CT molecular complexity index is 429. The minimum Gasteiger partial charge on any atom is -0.492 e. The zero-order valence-electron chi connectivity index (χ0n) is 11.5. The molecular formula is C12H21N3O2S. The predicted molar refractivity (Wildman–Crippen MR) is 76.8 cm³/mol. The number of hydrogen-bond donors (Lipinski definition) is 2. The fourth-order valence-corrected chi connectivity index (χ4v) is 2.88. The second-order valence-electron chi connectivity index (χ2n) is 4.54. The first-order chi connectivity index (χ1) is 8.42. The van der Waals surface area contributed by atoms with Crippen molar-refractivity contribution in [1.82, 2.24) is 5.32 Å². The third-order valence-corrected chi connectivity index (χ3v) is 3.81. The van der Waals surface area contributed by atoms with Crippen LogP contribution in [0.25, 0.3) is 0 Å². The topological polar surface area (TPSA) is 67.6 Å². The van der Waals surface area contributed by atoms with Crippen LogP contribution in [-0.2, 0) is 0 Å². The molecule has 1 aromatic heterocycles.